The van der Waals surface area contributed by atoms with Crippen LogP contribution in [0.4, 0.5) is 0 Å². The van der Waals surface area contributed by atoms with Gasteiger partial charge in [0, 0.05) is 25.2 Å². The molecule has 1 heterocycles. The SMILES string of the molecule is CCCNC1CCN(C(CC)CCC)C1. The third kappa shape index (κ3) is 4.12. The summed E-state index contributed by atoms with van der Waals surface area (Å²) in [5, 5.41) is 3.64. The van der Waals surface area contributed by atoms with Crippen molar-refractivity contribution < 1.29 is 0 Å². The van der Waals surface area contributed by atoms with Crippen molar-refractivity contribution in [3.63, 3.8) is 0 Å². The molecule has 15 heavy (non-hydrogen) atoms. The molecule has 0 aromatic carbocycles. The molecule has 1 fully saturated rings. The first-order chi connectivity index (χ1) is 7.31. The Bertz CT molecular complexity index is 159. The first-order valence-corrected chi connectivity index (χ1v) is 6.79. The second-order valence-electron chi connectivity index (χ2n) is 4.79. The summed E-state index contributed by atoms with van der Waals surface area (Å²) in [5.74, 6) is 0. The summed E-state index contributed by atoms with van der Waals surface area (Å²) in [7, 11) is 0. The molecule has 0 saturated carbocycles. The molecule has 0 amide bonds. The average molecular weight is 212 g/mol. The summed E-state index contributed by atoms with van der Waals surface area (Å²) in [6.45, 7) is 10.6. The predicted molar refractivity (Wildman–Crippen MR) is 67.3 cm³/mol. The minimum atomic E-state index is 0.760. The van der Waals surface area contributed by atoms with Crippen molar-refractivity contribution in [2.75, 3.05) is 19.6 Å². The summed E-state index contributed by atoms with van der Waals surface area (Å²) >= 11 is 0. The zero-order valence-electron chi connectivity index (χ0n) is 10.8. The van der Waals surface area contributed by atoms with Gasteiger partial charge >= 0.3 is 0 Å². The van der Waals surface area contributed by atoms with Crippen molar-refractivity contribution in [2.24, 2.45) is 0 Å². The maximum atomic E-state index is 3.64. The Kier molecular flexibility index (Phi) is 6.26. The molecular weight excluding hydrogens is 184 g/mol. The largest absolute Gasteiger partial charge is 0.313 e. The van der Waals surface area contributed by atoms with Gasteiger partial charge in [-0.1, -0.05) is 27.2 Å². The molecule has 0 spiro atoms. The van der Waals surface area contributed by atoms with Crippen LogP contribution in [0.2, 0.25) is 0 Å². The number of nitrogens with zero attached hydrogens (tertiary/aromatic N) is 1. The maximum Gasteiger partial charge on any atom is 0.0207 e. The molecule has 1 N–H and O–H groups in total. The molecule has 0 aliphatic carbocycles. The monoisotopic (exact) mass is 212 g/mol. The number of hydrogen-bond donors (Lipinski definition) is 1. The molecule has 0 bridgehead atoms. The van der Waals surface area contributed by atoms with Gasteiger partial charge in [-0.2, -0.15) is 0 Å². The van der Waals surface area contributed by atoms with Crippen molar-refractivity contribution in [3.8, 4) is 0 Å². The van der Waals surface area contributed by atoms with Crippen molar-refractivity contribution >= 4 is 0 Å². The summed E-state index contributed by atoms with van der Waals surface area (Å²) in [4.78, 5) is 2.69. The fourth-order valence-corrected chi connectivity index (χ4v) is 2.61. The second-order valence-corrected chi connectivity index (χ2v) is 4.79. The Hall–Kier alpha value is -0.0800. The number of hydrogen-bond acceptors (Lipinski definition) is 2. The van der Waals surface area contributed by atoms with Crippen LogP contribution in [0.1, 0.15) is 52.9 Å². The van der Waals surface area contributed by atoms with E-state index in [0.717, 1.165) is 12.1 Å². The van der Waals surface area contributed by atoms with Crippen LogP contribution in [0.3, 0.4) is 0 Å². The molecule has 2 atom stereocenters. The van der Waals surface area contributed by atoms with Crippen LogP contribution >= 0.6 is 0 Å². The van der Waals surface area contributed by atoms with Gasteiger partial charge in [0.25, 0.3) is 0 Å². The Morgan fingerprint density at radius 3 is 2.67 bits per heavy atom. The summed E-state index contributed by atoms with van der Waals surface area (Å²) in [6, 6.07) is 1.60. The third-order valence-electron chi connectivity index (χ3n) is 3.51. The van der Waals surface area contributed by atoms with Gasteiger partial charge in [0.1, 0.15) is 0 Å². The summed E-state index contributed by atoms with van der Waals surface area (Å²) in [5.41, 5.74) is 0. The van der Waals surface area contributed by atoms with Gasteiger partial charge in [0.05, 0.1) is 0 Å². The topological polar surface area (TPSA) is 15.3 Å². The Morgan fingerprint density at radius 2 is 2.07 bits per heavy atom. The minimum Gasteiger partial charge on any atom is -0.313 e. The highest BCUT2D eigenvalue weighted by molar-refractivity contribution is 4.84. The molecule has 1 rings (SSSR count). The fraction of sp³-hybridized carbons (Fsp3) is 1.00. The normalized spacial score (nSPS) is 24.6. The van der Waals surface area contributed by atoms with Gasteiger partial charge in [0.15, 0.2) is 0 Å². The van der Waals surface area contributed by atoms with Crippen LogP contribution in [0, 0.1) is 0 Å². The molecule has 1 aliphatic rings. The van der Waals surface area contributed by atoms with Crippen LogP contribution in [0.15, 0.2) is 0 Å². The summed E-state index contributed by atoms with van der Waals surface area (Å²) in [6.07, 6.45) is 6.61. The Labute approximate surface area is 95.4 Å². The molecule has 2 nitrogen and oxygen atoms in total. The average Bonchev–Trinajstić information content (AvgIpc) is 2.71. The maximum absolute atomic E-state index is 3.64. The molecule has 0 aromatic heterocycles. The van der Waals surface area contributed by atoms with Gasteiger partial charge in [0.2, 0.25) is 0 Å². The lowest BCUT2D eigenvalue weighted by Gasteiger charge is -2.26. The standard InChI is InChI=1S/C13H28N2/c1-4-7-13(6-3)15-10-8-12(11-15)14-9-5-2/h12-14H,4-11H2,1-3H3. The molecule has 2 heteroatoms. The van der Waals surface area contributed by atoms with Crippen LogP contribution in [-0.2, 0) is 0 Å². The van der Waals surface area contributed by atoms with E-state index in [4.69, 9.17) is 0 Å². The molecule has 0 aromatic rings. The van der Waals surface area contributed by atoms with Crippen molar-refractivity contribution in [1.82, 2.24) is 10.2 Å². The molecule has 0 radical (unpaired) electrons. The quantitative estimate of drug-likeness (QED) is 0.698. The van der Waals surface area contributed by atoms with Gasteiger partial charge in [-0.15, -0.1) is 0 Å². The smallest absolute Gasteiger partial charge is 0.0207 e. The van der Waals surface area contributed by atoms with E-state index in [2.05, 4.69) is 31.0 Å². The first-order valence-electron chi connectivity index (χ1n) is 6.79. The molecule has 1 saturated heterocycles. The van der Waals surface area contributed by atoms with E-state index in [1.54, 1.807) is 0 Å². The lowest BCUT2D eigenvalue weighted by Crippen LogP contribution is -2.37. The second kappa shape index (κ2) is 7.24. The van der Waals surface area contributed by atoms with Gasteiger partial charge in [-0.3, -0.25) is 4.90 Å². The van der Waals surface area contributed by atoms with Crippen molar-refractivity contribution in [1.29, 1.82) is 0 Å². The molecule has 90 valence electrons. The third-order valence-corrected chi connectivity index (χ3v) is 3.51. The molecule has 2 unspecified atom stereocenters. The van der Waals surface area contributed by atoms with Crippen LogP contribution in [-0.4, -0.2) is 36.6 Å². The van der Waals surface area contributed by atoms with Gasteiger partial charge in [-0.25, -0.2) is 0 Å². The lowest BCUT2D eigenvalue weighted by atomic mass is 10.1. The van der Waals surface area contributed by atoms with Crippen LogP contribution in [0.25, 0.3) is 0 Å². The molecular formula is C13H28N2. The predicted octanol–water partition coefficient (Wildman–Crippen LogP) is 2.64. The van der Waals surface area contributed by atoms with E-state index in [1.165, 1.54) is 51.7 Å². The first kappa shape index (κ1) is 13.0. The Balaban J connectivity index is 2.27. The van der Waals surface area contributed by atoms with Crippen LogP contribution < -0.4 is 5.32 Å². The lowest BCUT2D eigenvalue weighted by molar-refractivity contribution is 0.218. The number of rotatable bonds is 7. The number of likely N-dealkylation sites (tertiary alicyclic amines) is 1. The zero-order valence-corrected chi connectivity index (χ0v) is 10.8. The highest BCUT2D eigenvalue weighted by Crippen LogP contribution is 2.18. The highest BCUT2D eigenvalue weighted by Gasteiger charge is 2.26. The van der Waals surface area contributed by atoms with Crippen molar-refractivity contribution in [2.45, 2.75) is 65.0 Å². The van der Waals surface area contributed by atoms with E-state index in [0.29, 0.717) is 0 Å². The van der Waals surface area contributed by atoms with Crippen LogP contribution in [0.5, 0.6) is 0 Å². The summed E-state index contributed by atoms with van der Waals surface area (Å²) < 4.78 is 0. The van der Waals surface area contributed by atoms with Gasteiger partial charge in [-0.05, 0) is 32.2 Å². The highest BCUT2D eigenvalue weighted by atomic mass is 15.2. The van der Waals surface area contributed by atoms with E-state index < -0.39 is 0 Å². The van der Waals surface area contributed by atoms with Crippen molar-refractivity contribution in [3.05, 3.63) is 0 Å². The Morgan fingerprint density at radius 1 is 1.27 bits per heavy atom. The minimum absolute atomic E-state index is 0.760. The van der Waals surface area contributed by atoms with E-state index in [1.807, 2.05) is 0 Å². The van der Waals surface area contributed by atoms with Gasteiger partial charge < -0.3 is 5.32 Å². The van der Waals surface area contributed by atoms with E-state index in [9.17, 15) is 0 Å². The van der Waals surface area contributed by atoms with E-state index in [-0.39, 0.29) is 0 Å². The molecule has 1 aliphatic heterocycles. The fourth-order valence-electron chi connectivity index (χ4n) is 2.61. The zero-order chi connectivity index (χ0) is 11.1. The van der Waals surface area contributed by atoms with E-state index >= 15 is 0 Å². The number of nitrogens with one attached hydrogen (secondary N) is 1.